The second-order valence-electron chi connectivity index (χ2n) is 2.96. The van der Waals surface area contributed by atoms with E-state index in [4.69, 9.17) is 4.74 Å². The van der Waals surface area contributed by atoms with Gasteiger partial charge in [-0.1, -0.05) is 6.92 Å². The Morgan fingerprint density at radius 1 is 1.64 bits per heavy atom. The number of rotatable bonds is 3. The Kier molecular flexibility index (Phi) is 3.62. The van der Waals surface area contributed by atoms with Crippen molar-refractivity contribution in [2.75, 3.05) is 6.61 Å². The van der Waals surface area contributed by atoms with E-state index < -0.39 is 17.8 Å². The molecule has 2 atom stereocenters. The minimum Gasteiger partial charge on any atom is -0.465 e. The SMILES string of the molecule is CCOC(=O)C1C(=O)NN=[C]C1CC. The molecule has 5 nitrogen and oxygen atoms in total. The number of esters is 1. The number of amides is 1. The van der Waals surface area contributed by atoms with Gasteiger partial charge in [-0.3, -0.25) is 9.59 Å². The summed E-state index contributed by atoms with van der Waals surface area (Å²) in [6.45, 7) is 3.85. The van der Waals surface area contributed by atoms with Crippen molar-refractivity contribution in [1.29, 1.82) is 0 Å². The van der Waals surface area contributed by atoms with Crippen molar-refractivity contribution in [3.63, 3.8) is 0 Å². The second-order valence-corrected chi connectivity index (χ2v) is 2.96. The number of hydrogen-bond acceptors (Lipinski definition) is 4. The summed E-state index contributed by atoms with van der Waals surface area (Å²) in [4.78, 5) is 22.7. The molecule has 5 heteroatoms. The van der Waals surface area contributed by atoms with Gasteiger partial charge in [0.15, 0.2) is 0 Å². The van der Waals surface area contributed by atoms with Crippen molar-refractivity contribution in [1.82, 2.24) is 5.43 Å². The Morgan fingerprint density at radius 2 is 2.36 bits per heavy atom. The van der Waals surface area contributed by atoms with Crippen LogP contribution in [0.4, 0.5) is 0 Å². The molecular formula is C9H13N2O3. The molecule has 1 rings (SSSR count). The Bertz CT molecular complexity index is 263. The average Bonchev–Trinajstić information content (AvgIpc) is 2.17. The van der Waals surface area contributed by atoms with Crippen molar-refractivity contribution in [2.45, 2.75) is 20.3 Å². The third-order valence-electron chi connectivity index (χ3n) is 2.06. The lowest BCUT2D eigenvalue weighted by molar-refractivity contribution is -0.153. The fraction of sp³-hybridized carbons (Fsp3) is 0.667. The molecule has 14 heavy (non-hydrogen) atoms. The molecular weight excluding hydrogens is 184 g/mol. The molecule has 1 N–H and O–H groups in total. The quantitative estimate of drug-likeness (QED) is 0.518. The molecule has 0 bridgehead atoms. The highest BCUT2D eigenvalue weighted by molar-refractivity contribution is 6.02. The molecule has 2 unspecified atom stereocenters. The zero-order chi connectivity index (χ0) is 10.6. The van der Waals surface area contributed by atoms with Crippen LogP contribution in [-0.4, -0.2) is 24.7 Å². The molecule has 0 aromatic heterocycles. The first kappa shape index (κ1) is 10.7. The number of carbonyl (C=O) groups excluding carboxylic acids is 2. The molecule has 0 saturated carbocycles. The second kappa shape index (κ2) is 4.74. The monoisotopic (exact) mass is 197 g/mol. The van der Waals surface area contributed by atoms with Crippen LogP contribution in [0.2, 0.25) is 0 Å². The van der Waals surface area contributed by atoms with Gasteiger partial charge in [0, 0.05) is 5.92 Å². The molecule has 0 aromatic carbocycles. The van der Waals surface area contributed by atoms with Crippen LogP contribution in [0.5, 0.6) is 0 Å². The van der Waals surface area contributed by atoms with E-state index in [1.54, 1.807) is 6.92 Å². The standard InChI is InChI=1S/C9H13N2O3/c1-3-6-5-10-11-8(12)7(6)9(13)14-4-2/h6-7H,3-4H2,1-2H3,(H,11,12). The normalized spacial score (nSPS) is 25.7. The summed E-state index contributed by atoms with van der Waals surface area (Å²) < 4.78 is 4.80. The summed E-state index contributed by atoms with van der Waals surface area (Å²) >= 11 is 0. The van der Waals surface area contributed by atoms with Gasteiger partial charge in [-0.25, -0.2) is 5.43 Å². The van der Waals surface area contributed by atoms with Crippen LogP contribution in [0.15, 0.2) is 5.10 Å². The van der Waals surface area contributed by atoms with E-state index in [1.807, 2.05) is 6.92 Å². The van der Waals surface area contributed by atoms with Crippen LogP contribution in [0, 0.1) is 11.8 Å². The van der Waals surface area contributed by atoms with Gasteiger partial charge in [-0.2, -0.15) is 5.10 Å². The molecule has 1 radical (unpaired) electrons. The van der Waals surface area contributed by atoms with Gasteiger partial charge in [0.2, 0.25) is 0 Å². The molecule has 0 saturated heterocycles. The van der Waals surface area contributed by atoms with E-state index in [0.717, 1.165) is 0 Å². The first-order chi connectivity index (χ1) is 6.70. The van der Waals surface area contributed by atoms with Crippen molar-refractivity contribution >= 4 is 18.1 Å². The summed E-state index contributed by atoms with van der Waals surface area (Å²) in [5.74, 6) is -1.98. The number of carbonyl (C=O) groups is 2. The summed E-state index contributed by atoms with van der Waals surface area (Å²) in [6, 6.07) is 0. The van der Waals surface area contributed by atoms with Gasteiger partial charge in [0.1, 0.15) is 5.92 Å². The van der Waals surface area contributed by atoms with Crippen LogP contribution in [0.3, 0.4) is 0 Å². The number of nitrogens with one attached hydrogen (secondary N) is 1. The minimum absolute atomic E-state index is 0.274. The number of hydrazone groups is 1. The van der Waals surface area contributed by atoms with Crippen LogP contribution in [0.25, 0.3) is 0 Å². The van der Waals surface area contributed by atoms with Crippen LogP contribution in [-0.2, 0) is 14.3 Å². The predicted octanol–water partition coefficient (Wildman–Crippen LogP) is 0.184. The van der Waals surface area contributed by atoms with E-state index in [9.17, 15) is 9.59 Å². The van der Waals surface area contributed by atoms with E-state index in [-0.39, 0.29) is 12.5 Å². The van der Waals surface area contributed by atoms with Gasteiger partial charge in [-0.05, 0) is 13.3 Å². The van der Waals surface area contributed by atoms with Crippen molar-refractivity contribution < 1.29 is 14.3 Å². The van der Waals surface area contributed by atoms with E-state index in [2.05, 4.69) is 16.7 Å². The third-order valence-corrected chi connectivity index (χ3v) is 2.06. The number of hydrogen-bond donors (Lipinski definition) is 1. The van der Waals surface area contributed by atoms with Gasteiger partial charge in [0.05, 0.1) is 12.8 Å². The minimum atomic E-state index is -0.794. The van der Waals surface area contributed by atoms with Gasteiger partial charge >= 0.3 is 5.97 Å². The molecule has 1 amide bonds. The molecule has 0 spiro atoms. The lowest BCUT2D eigenvalue weighted by Gasteiger charge is -2.22. The number of ether oxygens (including phenoxy) is 1. The largest absolute Gasteiger partial charge is 0.465 e. The Balaban J connectivity index is 2.76. The van der Waals surface area contributed by atoms with Crippen LogP contribution in [0.1, 0.15) is 20.3 Å². The third kappa shape index (κ3) is 2.10. The zero-order valence-corrected chi connectivity index (χ0v) is 8.24. The van der Waals surface area contributed by atoms with Gasteiger partial charge < -0.3 is 4.74 Å². The van der Waals surface area contributed by atoms with E-state index in [0.29, 0.717) is 6.42 Å². The van der Waals surface area contributed by atoms with Crippen LogP contribution < -0.4 is 5.43 Å². The predicted molar refractivity (Wildman–Crippen MR) is 49.5 cm³/mol. The van der Waals surface area contributed by atoms with E-state index >= 15 is 0 Å². The zero-order valence-electron chi connectivity index (χ0n) is 8.24. The van der Waals surface area contributed by atoms with Gasteiger partial charge in [-0.15, -0.1) is 0 Å². The Morgan fingerprint density at radius 3 is 2.93 bits per heavy atom. The summed E-state index contributed by atoms with van der Waals surface area (Å²) in [5.41, 5.74) is 2.21. The average molecular weight is 197 g/mol. The van der Waals surface area contributed by atoms with Crippen LogP contribution >= 0.6 is 0 Å². The highest BCUT2D eigenvalue weighted by Crippen LogP contribution is 2.18. The maximum absolute atomic E-state index is 11.4. The summed E-state index contributed by atoms with van der Waals surface area (Å²) in [6.07, 6.45) is 3.32. The van der Waals surface area contributed by atoms with Crippen molar-refractivity contribution in [2.24, 2.45) is 16.9 Å². The molecule has 1 aliphatic heterocycles. The summed E-state index contributed by atoms with van der Waals surface area (Å²) in [7, 11) is 0. The topological polar surface area (TPSA) is 67.8 Å². The van der Waals surface area contributed by atoms with Gasteiger partial charge in [0.25, 0.3) is 5.91 Å². The smallest absolute Gasteiger partial charge is 0.319 e. The maximum atomic E-state index is 11.4. The lowest BCUT2D eigenvalue weighted by Crippen LogP contribution is -2.42. The highest BCUT2D eigenvalue weighted by atomic mass is 16.5. The highest BCUT2D eigenvalue weighted by Gasteiger charge is 2.36. The molecule has 0 aromatic rings. The Hall–Kier alpha value is -1.39. The maximum Gasteiger partial charge on any atom is 0.319 e. The van der Waals surface area contributed by atoms with Crippen molar-refractivity contribution in [3.8, 4) is 0 Å². The lowest BCUT2D eigenvalue weighted by atomic mass is 9.89. The first-order valence-electron chi connectivity index (χ1n) is 4.62. The van der Waals surface area contributed by atoms with Crippen molar-refractivity contribution in [3.05, 3.63) is 0 Å². The molecule has 77 valence electrons. The molecule has 1 heterocycles. The first-order valence-corrected chi connectivity index (χ1v) is 4.62. The molecule has 0 fully saturated rings. The van der Waals surface area contributed by atoms with E-state index in [1.165, 1.54) is 0 Å². The summed E-state index contributed by atoms with van der Waals surface area (Å²) in [5, 5.41) is 3.55. The number of nitrogens with zero attached hydrogens (tertiary/aromatic N) is 1. The molecule has 1 aliphatic rings. The Labute approximate surface area is 82.5 Å². The fourth-order valence-electron chi connectivity index (χ4n) is 1.33. The fourth-order valence-corrected chi connectivity index (χ4v) is 1.33. The molecule has 0 aliphatic carbocycles.